The number of hydrogen-bond acceptors (Lipinski definition) is 5. The van der Waals surface area contributed by atoms with Crippen LogP contribution in [0.1, 0.15) is 29.3 Å². The highest BCUT2D eigenvalue weighted by Gasteiger charge is 2.23. The molecule has 6 heteroatoms. The average Bonchev–Trinajstić information content (AvgIpc) is 3.45. The van der Waals surface area contributed by atoms with Crippen LogP contribution in [0.4, 0.5) is 0 Å². The van der Waals surface area contributed by atoms with Gasteiger partial charge in [0.25, 0.3) is 0 Å². The molecule has 0 fully saturated rings. The first-order valence-corrected chi connectivity index (χ1v) is 9.46. The lowest BCUT2D eigenvalue weighted by Gasteiger charge is -2.06. The Balaban J connectivity index is 1.35. The molecule has 28 heavy (non-hydrogen) atoms. The van der Waals surface area contributed by atoms with Crippen LogP contribution in [0.3, 0.4) is 0 Å². The second-order valence-corrected chi connectivity index (χ2v) is 6.92. The number of hydrogen-bond donors (Lipinski definition) is 0. The number of nitrogens with zero attached hydrogens (tertiary/aromatic N) is 4. The van der Waals surface area contributed by atoms with Gasteiger partial charge in [0, 0.05) is 23.7 Å². The van der Waals surface area contributed by atoms with Crippen LogP contribution in [0.2, 0.25) is 0 Å². The largest absolute Gasteiger partial charge is 0.487 e. The molecule has 2 aromatic heterocycles. The summed E-state index contributed by atoms with van der Waals surface area (Å²) in [7, 11) is 0. The number of rotatable bonds is 5. The molecule has 140 valence electrons. The monoisotopic (exact) mass is 372 g/mol. The molecular weight excluding hydrogens is 352 g/mol. The van der Waals surface area contributed by atoms with Crippen LogP contribution >= 0.6 is 0 Å². The van der Waals surface area contributed by atoms with Gasteiger partial charge in [-0.3, -0.25) is 0 Å². The summed E-state index contributed by atoms with van der Waals surface area (Å²) in [5, 5.41) is 8.78. The van der Waals surface area contributed by atoms with E-state index < -0.39 is 0 Å². The molecular formula is C22H20N4O2. The van der Waals surface area contributed by atoms with Gasteiger partial charge in [0.05, 0.1) is 5.69 Å². The van der Waals surface area contributed by atoms with Gasteiger partial charge in [0.15, 0.2) is 0 Å². The summed E-state index contributed by atoms with van der Waals surface area (Å²) in [4.78, 5) is 4.24. The molecule has 4 aromatic rings. The number of para-hydroxylation sites is 1. The zero-order chi connectivity index (χ0) is 18.9. The average molecular weight is 372 g/mol. The minimum Gasteiger partial charge on any atom is -0.487 e. The molecule has 0 amide bonds. The van der Waals surface area contributed by atoms with Crippen LogP contribution < -0.4 is 4.74 Å². The third-order valence-electron chi connectivity index (χ3n) is 5.03. The van der Waals surface area contributed by atoms with Crippen LogP contribution in [0, 0.1) is 6.92 Å². The fraction of sp³-hybridized carbons (Fsp3) is 0.227. The lowest BCUT2D eigenvalue weighted by atomic mass is 10.2. The van der Waals surface area contributed by atoms with Crippen molar-refractivity contribution >= 4 is 0 Å². The molecule has 6 nitrogen and oxygen atoms in total. The maximum absolute atomic E-state index is 6.02. The summed E-state index contributed by atoms with van der Waals surface area (Å²) in [5.41, 5.74) is 5.68. The van der Waals surface area contributed by atoms with Gasteiger partial charge >= 0.3 is 0 Å². The smallest absolute Gasteiger partial charge is 0.223 e. The van der Waals surface area contributed by atoms with Crippen molar-refractivity contribution in [2.45, 2.75) is 32.8 Å². The minimum atomic E-state index is 0.461. The van der Waals surface area contributed by atoms with Crippen molar-refractivity contribution in [1.29, 1.82) is 0 Å². The van der Waals surface area contributed by atoms with E-state index in [4.69, 9.17) is 14.4 Å². The predicted octanol–water partition coefficient (Wildman–Crippen LogP) is 4.30. The van der Waals surface area contributed by atoms with Crippen LogP contribution in [0.25, 0.3) is 17.1 Å². The molecule has 0 atom stereocenters. The fourth-order valence-corrected chi connectivity index (χ4v) is 3.68. The van der Waals surface area contributed by atoms with E-state index in [-0.39, 0.29) is 0 Å². The molecule has 0 spiro atoms. The highest BCUT2D eigenvalue weighted by Crippen LogP contribution is 2.29. The Kier molecular flexibility index (Phi) is 4.16. The third-order valence-corrected chi connectivity index (χ3v) is 5.03. The van der Waals surface area contributed by atoms with Gasteiger partial charge in [-0.05, 0) is 55.7 Å². The SMILES string of the molecule is Cc1nc(-c2ccc(OCc3nn(-c4ccccc4)c4c3CCC4)cc2)no1. The molecule has 5 rings (SSSR count). The van der Waals surface area contributed by atoms with Crippen molar-refractivity contribution < 1.29 is 9.26 Å². The topological polar surface area (TPSA) is 66.0 Å². The maximum atomic E-state index is 6.02. The molecule has 2 heterocycles. The van der Waals surface area contributed by atoms with Crippen molar-refractivity contribution in [1.82, 2.24) is 19.9 Å². The van der Waals surface area contributed by atoms with Crippen molar-refractivity contribution in [3.63, 3.8) is 0 Å². The molecule has 0 unspecified atom stereocenters. The van der Waals surface area contributed by atoms with Gasteiger partial charge < -0.3 is 9.26 Å². The molecule has 0 radical (unpaired) electrons. The normalized spacial score (nSPS) is 12.9. The number of aryl methyl sites for hydroxylation is 1. The number of aromatic nitrogens is 4. The molecule has 0 bridgehead atoms. The minimum absolute atomic E-state index is 0.461. The van der Waals surface area contributed by atoms with Gasteiger partial charge in [-0.25, -0.2) is 4.68 Å². The number of ether oxygens (including phenoxy) is 1. The number of benzene rings is 2. The second kappa shape index (κ2) is 6.96. The van der Waals surface area contributed by atoms with E-state index in [1.165, 1.54) is 17.7 Å². The van der Waals surface area contributed by atoms with E-state index in [1.54, 1.807) is 6.92 Å². The highest BCUT2D eigenvalue weighted by molar-refractivity contribution is 5.55. The van der Waals surface area contributed by atoms with E-state index in [0.717, 1.165) is 35.5 Å². The van der Waals surface area contributed by atoms with Gasteiger partial charge in [-0.1, -0.05) is 23.4 Å². The first-order valence-electron chi connectivity index (χ1n) is 9.46. The fourth-order valence-electron chi connectivity index (χ4n) is 3.68. The Morgan fingerprint density at radius 2 is 1.86 bits per heavy atom. The maximum Gasteiger partial charge on any atom is 0.223 e. The summed E-state index contributed by atoms with van der Waals surface area (Å²) < 4.78 is 13.1. The van der Waals surface area contributed by atoms with Crippen LogP contribution in [0.5, 0.6) is 5.75 Å². The summed E-state index contributed by atoms with van der Waals surface area (Å²) in [6.07, 6.45) is 3.30. The predicted molar refractivity (Wildman–Crippen MR) is 104 cm³/mol. The zero-order valence-electron chi connectivity index (χ0n) is 15.6. The first kappa shape index (κ1) is 16.7. The lowest BCUT2D eigenvalue weighted by molar-refractivity contribution is 0.299. The summed E-state index contributed by atoms with van der Waals surface area (Å²) in [6.45, 7) is 2.24. The Morgan fingerprint density at radius 3 is 2.61 bits per heavy atom. The van der Waals surface area contributed by atoms with E-state index in [2.05, 4.69) is 27.0 Å². The van der Waals surface area contributed by atoms with E-state index >= 15 is 0 Å². The van der Waals surface area contributed by atoms with Crippen molar-refractivity contribution in [2.24, 2.45) is 0 Å². The highest BCUT2D eigenvalue weighted by atomic mass is 16.5. The molecule has 0 saturated heterocycles. The summed E-state index contributed by atoms with van der Waals surface area (Å²) in [5.74, 6) is 1.94. The molecule has 1 aliphatic carbocycles. The Morgan fingerprint density at radius 1 is 1.04 bits per heavy atom. The third kappa shape index (κ3) is 3.07. The Labute approximate surface area is 162 Å². The van der Waals surface area contributed by atoms with Crippen LogP contribution in [-0.4, -0.2) is 19.9 Å². The van der Waals surface area contributed by atoms with Gasteiger partial charge in [0.2, 0.25) is 11.7 Å². The van der Waals surface area contributed by atoms with E-state index in [9.17, 15) is 0 Å². The Bertz CT molecular complexity index is 1100. The van der Waals surface area contributed by atoms with Gasteiger partial charge in [-0.2, -0.15) is 10.1 Å². The van der Waals surface area contributed by atoms with Crippen LogP contribution in [0.15, 0.2) is 59.1 Å². The van der Waals surface area contributed by atoms with Crippen molar-refractivity contribution in [3.05, 3.63) is 77.4 Å². The molecule has 0 N–H and O–H groups in total. The summed E-state index contributed by atoms with van der Waals surface area (Å²) >= 11 is 0. The second-order valence-electron chi connectivity index (χ2n) is 6.92. The molecule has 1 aliphatic rings. The van der Waals surface area contributed by atoms with Crippen molar-refractivity contribution in [3.8, 4) is 22.8 Å². The Hall–Kier alpha value is -3.41. The first-order chi connectivity index (χ1) is 13.8. The summed E-state index contributed by atoms with van der Waals surface area (Å²) in [6, 6.07) is 18.0. The molecule has 2 aromatic carbocycles. The quantitative estimate of drug-likeness (QED) is 0.523. The standard InChI is InChI=1S/C22H20N4O2/c1-15-23-22(25-28-15)16-10-12-18(13-11-16)27-14-20-19-8-5-9-21(19)26(24-20)17-6-3-2-4-7-17/h2-4,6-7,10-13H,5,8-9,14H2,1H3. The zero-order valence-corrected chi connectivity index (χ0v) is 15.6. The lowest BCUT2D eigenvalue weighted by Crippen LogP contribution is -2.03. The molecule has 0 saturated carbocycles. The van der Waals surface area contributed by atoms with E-state index in [0.29, 0.717) is 18.3 Å². The van der Waals surface area contributed by atoms with Crippen molar-refractivity contribution in [2.75, 3.05) is 0 Å². The van der Waals surface area contributed by atoms with Crippen LogP contribution in [-0.2, 0) is 19.4 Å². The molecule has 0 aliphatic heterocycles. The number of fused-ring (bicyclic) bond motifs is 1. The van der Waals surface area contributed by atoms with Gasteiger partial charge in [-0.15, -0.1) is 0 Å². The van der Waals surface area contributed by atoms with Gasteiger partial charge in [0.1, 0.15) is 18.1 Å². The van der Waals surface area contributed by atoms with E-state index in [1.807, 2.05) is 42.5 Å².